The first-order chi connectivity index (χ1) is 22.1. The first kappa shape index (κ1) is 34.3. The number of nitrogens with zero attached hydrogens (tertiary/aromatic N) is 6. The van der Waals surface area contributed by atoms with Gasteiger partial charge in [-0.05, 0) is 56.7 Å². The number of aryl methyl sites for hydroxylation is 1. The number of nitrogens with two attached hydrogens (primary N) is 1. The number of alkyl halides is 4. The Morgan fingerprint density at radius 2 is 1.94 bits per heavy atom. The SMILES string of the molecule is C=C(F)C(=O)N1CCN(c2nc(OCC3CC(F)CN3C)nc3c2CC(C)C(c2c(F)c(N)cc(C)c2C(F)(F)F)C3)CC1CC#N. The second kappa shape index (κ2) is 13.2. The molecule has 5 rings (SSSR count). The summed E-state index contributed by atoms with van der Waals surface area (Å²) in [5.41, 5.74) is 4.67. The minimum atomic E-state index is -4.83. The van der Waals surface area contributed by atoms with Gasteiger partial charge in [0.25, 0.3) is 5.91 Å². The Hall–Kier alpha value is -4.06. The van der Waals surface area contributed by atoms with E-state index in [1.807, 2.05) is 15.9 Å². The molecule has 254 valence electrons. The number of likely N-dealkylation sites (tertiary alicyclic amines) is 1. The summed E-state index contributed by atoms with van der Waals surface area (Å²) in [5.74, 6) is -4.23. The van der Waals surface area contributed by atoms with Crippen molar-refractivity contribution in [3.8, 4) is 12.1 Å². The standard InChI is InChI=1S/C32H37F6N7O2/c1-16-9-23-25(12-22(16)26-27(32(36,37)38)17(2)10-24(40)28(26)35)41-31(47-15-21-11-19(34)13-43(21)4)42-29(23)44-7-8-45(30(46)18(3)33)20(14-44)5-6-39/h10,16,19-22H,3,5,7-9,11-15,40H2,1-2,4H3. The molecule has 2 aliphatic heterocycles. The zero-order valence-electron chi connectivity index (χ0n) is 26.4. The van der Waals surface area contributed by atoms with E-state index in [1.165, 1.54) is 11.8 Å². The number of hydrogen-bond donors (Lipinski definition) is 1. The van der Waals surface area contributed by atoms with Crippen LogP contribution >= 0.6 is 0 Å². The zero-order chi connectivity index (χ0) is 34.4. The van der Waals surface area contributed by atoms with Crippen LogP contribution in [0.5, 0.6) is 6.01 Å². The number of anilines is 2. The van der Waals surface area contributed by atoms with Gasteiger partial charge in [0.2, 0.25) is 0 Å². The number of fused-ring (bicyclic) bond motifs is 1. The van der Waals surface area contributed by atoms with E-state index in [0.29, 0.717) is 17.1 Å². The second-order valence-corrected chi connectivity index (χ2v) is 12.7. The lowest BCUT2D eigenvalue weighted by atomic mass is 9.73. The van der Waals surface area contributed by atoms with E-state index in [4.69, 9.17) is 10.5 Å². The third-order valence-corrected chi connectivity index (χ3v) is 9.50. The van der Waals surface area contributed by atoms with Gasteiger partial charge in [-0.2, -0.15) is 28.4 Å². The van der Waals surface area contributed by atoms with Crippen LogP contribution in [-0.2, 0) is 23.8 Å². The Morgan fingerprint density at radius 1 is 1.21 bits per heavy atom. The first-order valence-corrected chi connectivity index (χ1v) is 15.4. The lowest BCUT2D eigenvalue weighted by Crippen LogP contribution is -2.55. The predicted molar refractivity (Wildman–Crippen MR) is 162 cm³/mol. The summed E-state index contributed by atoms with van der Waals surface area (Å²) >= 11 is 0. The summed E-state index contributed by atoms with van der Waals surface area (Å²) in [4.78, 5) is 26.6. The number of carbonyl (C=O) groups is 1. The van der Waals surface area contributed by atoms with Gasteiger partial charge in [0.1, 0.15) is 24.4 Å². The van der Waals surface area contributed by atoms with E-state index < -0.39 is 58.9 Å². The summed E-state index contributed by atoms with van der Waals surface area (Å²) in [6, 6.07) is 1.96. The number of ether oxygens (including phenoxy) is 1. The number of likely N-dealkylation sites (N-methyl/N-ethyl adjacent to an activating group) is 1. The first-order valence-electron chi connectivity index (χ1n) is 15.4. The number of amides is 1. The van der Waals surface area contributed by atoms with Crippen molar-refractivity contribution in [3.05, 3.63) is 52.2 Å². The van der Waals surface area contributed by atoms with Crippen molar-refractivity contribution in [2.45, 2.75) is 69.9 Å². The molecule has 2 aromatic rings. The molecule has 5 atom stereocenters. The summed E-state index contributed by atoms with van der Waals surface area (Å²) in [5, 5.41) is 9.46. The summed E-state index contributed by atoms with van der Waals surface area (Å²) in [6.07, 6.45) is -5.61. The number of benzene rings is 1. The molecular weight excluding hydrogens is 628 g/mol. The highest BCUT2D eigenvalue weighted by molar-refractivity contribution is 5.91. The molecule has 9 nitrogen and oxygen atoms in total. The molecule has 0 spiro atoms. The molecule has 5 unspecified atom stereocenters. The molecule has 3 aliphatic rings. The van der Waals surface area contributed by atoms with Crippen molar-refractivity contribution in [2.75, 3.05) is 50.5 Å². The second-order valence-electron chi connectivity index (χ2n) is 12.7. The molecule has 2 fully saturated rings. The molecule has 1 aromatic heterocycles. The molecule has 15 heteroatoms. The summed E-state index contributed by atoms with van der Waals surface area (Å²) < 4.78 is 92.4. The van der Waals surface area contributed by atoms with Crippen molar-refractivity contribution in [3.63, 3.8) is 0 Å². The zero-order valence-corrected chi connectivity index (χ0v) is 26.4. The maximum Gasteiger partial charge on any atom is 0.417 e. The molecular formula is C32H37F6N7O2. The van der Waals surface area contributed by atoms with Crippen LogP contribution in [0.1, 0.15) is 53.6 Å². The number of carbonyl (C=O) groups excluding carboxylic acids is 1. The minimum absolute atomic E-state index is 0.0498. The van der Waals surface area contributed by atoms with Crippen LogP contribution in [0.25, 0.3) is 0 Å². The van der Waals surface area contributed by atoms with Gasteiger partial charge in [-0.1, -0.05) is 13.5 Å². The normalized spacial score (nSPS) is 25.0. The Bertz CT molecular complexity index is 1600. The highest BCUT2D eigenvalue weighted by atomic mass is 19.4. The van der Waals surface area contributed by atoms with Gasteiger partial charge in [0.05, 0.1) is 35.5 Å². The lowest BCUT2D eigenvalue weighted by Gasteiger charge is -2.42. The van der Waals surface area contributed by atoms with Gasteiger partial charge >= 0.3 is 12.2 Å². The molecule has 47 heavy (non-hydrogen) atoms. The van der Waals surface area contributed by atoms with Gasteiger partial charge < -0.3 is 20.3 Å². The minimum Gasteiger partial charge on any atom is -0.462 e. The molecule has 3 heterocycles. The van der Waals surface area contributed by atoms with E-state index in [0.717, 1.165) is 6.07 Å². The summed E-state index contributed by atoms with van der Waals surface area (Å²) in [7, 11) is 1.77. The fraction of sp³-hybridized carbons (Fsp3) is 0.562. The van der Waals surface area contributed by atoms with Crippen LogP contribution in [-0.4, -0.2) is 83.8 Å². The maximum absolute atomic E-state index is 15.6. The van der Waals surface area contributed by atoms with E-state index >= 15 is 4.39 Å². The average molecular weight is 666 g/mol. The smallest absolute Gasteiger partial charge is 0.417 e. The van der Waals surface area contributed by atoms with Crippen molar-refractivity contribution in [2.24, 2.45) is 5.92 Å². The van der Waals surface area contributed by atoms with Crippen LogP contribution < -0.4 is 15.4 Å². The number of piperazine rings is 1. The predicted octanol–water partition coefficient (Wildman–Crippen LogP) is 4.88. The number of rotatable bonds is 7. The Kier molecular flexibility index (Phi) is 9.64. The number of aromatic nitrogens is 2. The average Bonchev–Trinajstić information content (AvgIpc) is 3.32. The Balaban J connectivity index is 1.56. The van der Waals surface area contributed by atoms with Gasteiger partial charge in [-0.25, -0.2) is 13.2 Å². The van der Waals surface area contributed by atoms with Gasteiger partial charge in [0.15, 0.2) is 5.83 Å². The molecule has 1 amide bonds. The van der Waals surface area contributed by atoms with Crippen molar-refractivity contribution >= 4 is 17.4 Å². The Labute approximate surface area is 269 Å². The van der Waals surface area contributed by atoms with Crippen LogP contribution in [0.3, 0.4) is 0 Å². The van der Waals surface area contributed by atoms with Gasteiger partial charge in [0, 0.05) is 43.3 Å². The topological polar surface area (TPSA) is 112 Å². The van der Waals surface area contributed by atoms with E-state index in [-0.39, 0.29) is 81.8 Å². The van der Waals surface area contributed by atoms with Crippen LogP contribution in [0.2, 0.25) is 0 Å². The Morgan fingerprint density at radius 3 is 2.55 bits per heavy atom. The van der Waals surface area contributed by atoms with Crippen molar-refractivity contribution in [1.82, 2.24) is 19.8 Å². The van der Waals surface area contributed by atoms with E-state index in [2.05, 4.69) is 16.5 Å². The molecule has 2 saturated heterocycles. The van der Waals surface area contributed by atoms with E-state index in [9.17, 15) is 32.0 Å². The van der Waals surface area contributed by atoms with Gasteiger partial charge in [-0.3, -0.25) is 9.69 Å². The van der Waals surface area contributed by atoms with Crippen molar-refractivity contribution in [1.29, 1.82) is 5.26 Å². The molecule has 1 aromatic carbocycles. The number of halogens is 6. The summed E-state index contributed by atoms with van der Waals surface area (Å²) in [6.45, 7) is 6.70. The van der Waals surface area contributed by atoms with E-state index in [1.54, 1.807) is 14.0 Å². The van der Waals surface area contributed by atoms with Crippen LogP contribution in [0, 0.1) is 30.0 Å². The molecule has 1 aliphatic carbocycles. The largest absolute Gasteiger partial charge is 0.462 e. The maximum atomic E-state index is 15.6. The quantitative estimate of drug-likeness (QED) is 0.253. The third-order valence-electron chi connectivity index (χ3n) is 9.50. The van der Waals surface area contributed by atoms with Gasteiger partial charge in [-0.15, -0.1) is 0 Å². The lowest BCUT2D eigenvalue weighted by molar-refractivity contribution is -0.139. The highest BCUT2D eigenvalue weighted by Crippen LogP contribution is 2.47. The number of hydrogen-bond acceptors (Lipinski definition) is 8. The van der Waals surface area contributed by atoms with Crippen LogP contribution in [0.15, 0.2) is 18.5 Å². The third kappa shape index (κ3) is 6.83. The number of nitrogen functional groups attached to an aromatic ring is 1. The fourth-order valence-corrected chi connectivity index (χ4v) is 7.16. The highest BCUT2D eigenvalue weighted by Gasteiger charge is 2.43. The fourth-order valence-electron chi connectivity index (χ4n) is 7.16. The number of nitriles is 1. The van der Waals surface area contributed by atoms with Crippen LogP contribution in [0.4, 0.5) is 37.8 Å². The molecule has 0 bridgehead atoms. The van der Waals surface area contributed by atoms with Crippen molar-refractivity contribution < 1.29 is 35.9 Å². The molecule has 0 saturated carbocycles. The monoisotopic (exact) mass is 665 g/mol. The molecule has 0 radical (unpaired) electrons. The molecule has 2 N–H and O–H groups in total.